The molecule has 2 fully saturated rings. The van der Waals surface area contributed by atoms with E-state index in [-0.39, 0.29) is 17.9 Å². The number of hydrogen-bond donors (Lipinski definition) is 2. The van der Waals surface area contributed by atoms with Gasteiger partial charge in [-0.05, 0) is 38.6 Å². The lowest BCUT2D eigenvalue weighted by Crippen LogP contribution is -2.43. The molecule has 2 heterocycles. The van der Waals surface area contributed by atoms with Gasteiger partial charge in [-0.1, -0.05) is 0 Å². The lowest BCUT2D eigenvalue weighted by atomic mass is 9.92. The molecule has 0 bridgehead atoms. The molecule has 0 aromatic carbocycles. The van der Waals surface area contributed by atoms with Crippen molar-refractivity contribution in [3.63, 3.8) is 0 Å². The Morgan fingerprint density at radius 2 is 2.12 bits per heavy atom. The summed E-state index contributed by atoms with van der Waals surface area (Å²) < 4.78 is 5.33. The van der Waals surface area contributed by atoms with Crippen molar-refractivity contribution >= 4 is 5.91 Å². The van der Waals surface area contributed by atoms with Gasteiger partial charge < -0.3 is 15.4 Å². The van der Waals surface area contributed by atoms with Gasteiger partial charge in [0.25, 0.3) is 0 Å². The maximum absolute atomic E-state index is 11.9. The Labute approximate surface area is 97.1 Å². The topological polar surface area (TPSA) is 50.4 Å². The number of amides is 1. The van der Waals surface area contributed by atoms with Gasteiger partial charge in [0.15, 0.2) is 0 Å². The number of hydrogen-bond acceptors (Lipinski definition) is 3. The van der Waals surface area contributed by atoms with E-state index in [9.17, 15) is 4.79 Å². The van der Waals surface area contributed by atoms with Crippen molar-refractivity contribution in [3.8, 4) is 0 Å². The molecule has 92 valence electrons. The molecule has 4 heteroatoms. The first kappa shape index (κ1) is 11.9. The molecule has 16 heavy (non-hydrogen) atoms. The molecular formula is C12H22N2O2. The molecule has 2 aliphatic rings. The average molecular weight is 226 g/mol. The fraction of sp³-hybridized carbons (Fsp3) is 0.917. The fourth-order valence-electron chi connectivity index (χ4n) is 2.55. The molecule has 0 radical (unpaired) electrons. The normalized spacial score (nSPS) is 28.9. The minimum absolute atomic E-state index is 0.183. The second-order valence-electron chi connectivity index (χ2n) is 4.94. The maximum atomic E-state index is 11.9. The van der Waals surface area contributed by atoms with Gasteiger partial charge in [0.2, 0.25) is 5.91 Å². The average Bonchev–Trinajstić information content (AvgIpc) is 2.83. The predicted molar refractivity (Wildman–Crippen MR) is 62.1 cm³/mol. The van der Waals surface area contributed by atoms with Crippen molar-refractivity contribution in [2.45, 2.75) is 32.2 Å². The first-order valence-corrected chi connectivity index (χ1v) is 6.36. The molecule has 0 aliphatic carbocycles. The van der Waals surface area contributed by atoms with E-state index >= 15 is 0 Å². The van der Waals surface area contributed by atoms with Crippen LogP contribution in [0.5, 0.6) is 0 Å². The minimum Gasteiger partial charge on any atom is -0.381 e. The van der Waals surface area contributed by atoms with Crippen LogP contribution in [0.15, 0.2) is 0 Å². The molecule has 2 atom stereocenters. The summed E-state index contributed by atoms with van der Waals surface area (Å²) in [5.41, 5.74) is 0. The summed E-state index contributed by atoms with van der Waals surface area (Å²) >= 11 is 0. The molecule has 2 unspecified atom stereocenters. The van der Waals surface area contributed by atoms with Gasteiger partial charge in [-0.15, -0.1) is 0 Å². The first-order valence-electron chi connectivity index (χ1n) is 6.36. The molecule has 2 N–H and O–H groups in total. The Bertz CT molecular complexity index is 233. The zero-order chi connectivity index (χ0) is 11.4. The number of ether oxygens (including phenoxy) is 1. The monoisotopic (exact) mass is 226 g/mol. The van der Waals surface area contributed by atoms with E-state index in [4.69, 9.17) is 4.74 Å². The molecular weight excluding hydrogens is 204 g/mol. The molecule has 2 rings (SSSR count). The third-order valence-electron chi connectivity index (χ3n) is 3.77. The lowest BCUT2D eigenvalue weighted by Gasteiger charge is -2.29. The van der Waals surface area contributed by atoms with Crippen LogP contribution >= 0.6 is 0 Å². The van der Waals surface area contributed by atoms with E-state index < -0.39 is 0 Å². The predicted octanol–water partition coefficient (Wildman–Crippen LogP) is 0.527. The van der Waals surface area contributed by atoms with E-state index in [0.717, 1.165) is 45.6 Å². The van der Waals surface area contributed by atoms with Crippen LogP contribution in [0.25, 0.3) is 0 Å². The number of carbonyl (C=O) groups is 1. The molecule has 1 amide bonds. The first-order chi connectivity index (χ1) is 7.77. The van der Waals surface area contributed by atoms with Crippen molar-refractivity contribution < 1.29 is 9.53 Å². The minimum atomic E-state index is 0.183. The van der Waals surface area contributed by atoms with Crippen molar-refractivity contribution in [2.24, 2.45) is 11.8 Å². The Balaban J connectivity index is 1.76. The lowest BCUT2D eigenvalue weighted by molar-refractivity contribution is -0.125. The summed E-state index contributed by atoms with van der Waals surface area (Å²) in [4.78, 5) is 11.9. The van der Waals surface area contributed by atoms with Gasteiger partial charge >= 0.3 is 0 Å². The Kier molecular flexibility index (Phi) is 4.18. The van der Waals surface area contributed by atoms with Gasteiger partial charge in [-0.3, -0.25) is 4.79 Å². The highest BCUT2D eigenvalue weighted by atomic mass is 16.5. The van der Waals surface area contributed by atoms with Crippen LogP contribution in [0.3, 0.4) is 0 Å². The van der Waals surface area contributed by atoms with Crippen LogP contribution in [0, 0.1) is 11.8 Å². The fourth-order valence-corrected chi connectivity index (χ4v) is 2.55. The van der Waals surface area contributed by atoms with Crippen LogP contribution in [0.2, 0.25) is 0 Å². The van der Waals surface area contributed by atoms with Gasteiger partial charge in [0.05, 0.1) is 5.92 Å². The van der Waals surface area contributed by atoms with Crippen molar-refractivity contribution in [1.29, 1.82) is 0 Å². The summed E-state index contributed by atoms with van der Waals surface area (Å²) in [6.45, 7) is 5.62. The highest BCUT2D eigenvalue weighted by Gasteiger charge is 2.26. The summed E-state index contributed by atoms with van der Waals surface area (Å²) in [6, 6.07) is 0.289. The van der Waals surface area contributed by atoms with Gasteiger partial charge in [0.1, 0.15) is 0 Å². The Hall–Kier alpha value is -0.610. The van der Waals surface area contributed by atoms with Gasteiger partial charge in [-0.25, -0.2) is 0 Å². The van der Waals surface area contributed by atoms with E-state index in [1.54, 1.807) is 0 Å². The van der Waals surface area contributed by atoms with E-state index in [0.29, 0.717) is 5.92 Å². The third kappa shape index (κ3) is 2.95. The Morgan fingerprint density at radius 3 is 2.75 bits per heavy atom. The maximum Gasteiger partial charge on any atom is 0.224 e. The SMILES string of the molecule is CC(NC(=O)C1CCNC1)C1CCOCC1. The van der Waals surface area contributed by atoms with Gasteiger partial charge in [-0.2, -0.15) is 0 Å². The van der Waals surface area contributed by atoms with Crippen molar-refractivity contribution in [3.05, 3.63) is 0 Å². The number of carbonyl (C=O) groups excluding carboxylic acids is 1. The second-order valence-corrected chi connectivity index (χ2v) is 4.94. The van der Waals surface area contributed by atoms with E-state index in [2.05, 4.69) is 17.6 Å². The second kappa shape index (κ2) is 5.64. The quantitative estimate of drug-likeness (QED) is 0.738. The van der Waals surface area contributed by atoms with Crippen LogP contribution in [0.4, 0.5) is 0 Å². The summed E-state index contributed by atoms with van der Waals surface area (Å²) in [5.74, 6) is 0.998. The molecule has 0 aromatic heterocycles. The van der Waals surface area contributed by atoms with Crippen LogP contribution in [-0.2, 0) is 9.53 Å². The molecule has 2 aliphatic heterocycles. The zero-order valence-electron chi connectivity index (χ0n) is 10.00. The van der Waals surface area contributed by atoms with E-state index in [1.807, 2.05) is 0 Å². The highest BCUT2D eigenvalue weighted by molar-refractivity contribution is 5.79. The molecule has 2 saturated heterocycles. The summed E-state index contributed by atoms with van der Waals surface area (Å²) in [6.07, 6.45) is 3.13. The number of rotatable bonds is 3. The molecule has 0 saturated carbocycles. The zero-order valence-corrected chi connectivity index (χ0v) is 10.00. The van der Waals surface area contributed by atoms with Crippen LogP contribution < -0.4 is 10.6 Å². The molecule has 0 spiro atoms. The smallest absolute Gasteiger partial charge is 0.224 e. The Morgan fingerprint density at radius 1 is 1.38 bits per heavy atom. The summed E-state index contributed by atoms with van der Waals surface area (Å²) in [7, 11) is 0. The molecule has 4 nitrogen and oxygen atoms in total. The van der Waals surface area contributed by atoms with Gasteiger partial charge in [0, 0.05) is 25.8 Å². The van der Waals surface area contributed by atoms with E-state index in [1.165, 1.54) is 0 Å². The standard InChI is InChI=1S/C12H22N2O2/c1-9(10-3-6-16-7-4-10)14-12(15)11-2-5-13-8-11/h9-11,13H,2-8H2,1H3,(H,14,15). The molecule has 0 aromatic rings. The van der Waals surface area contributed by atoms with Crippen molar-refractivity contribution in [1.82, 2.24) is 10.6 Å². The highest BCUT2D eigenvalue weighted by Crippen LogP contribution is 2.19. The van der Waals surface area contributed by atoms with Crippen molar-refractivity contribution in [2.75, 3.05) is 26.3 Å². The number of nitrogens with one attached hydrogen (secondary N) is 2. The van der Waals surface area contributed by atoms with Crippen LogP contribution in [0.1, 0.15) is 26.2 Å². The largest absolute Gasteiger partial charge is 0.381 e. The van der Waals surface area contributed by atoms with Crippen LogP contribution in [-0.4, -0.2) is 38.3 Å². The summed E-state index contributed by atoms with van der Waals surface area (Å²) in [5, 5.41) is 6.38. The third-order valence-corrected chi connectivity index (χ3v) is 3.77.